The highest BCUT2D eigenvalue weighted by atomic mass is 19.1. The van der Waals surface area contributed by atoms with Gasteiger partial charge in [0.1, 0.15) is 11.6 Å². The summed E-state index contributed by atoms with van der Waals surface area (Å²) in [6, 6.07) is 3.66. The maximum absolute atomic E-state index is 14.1. The van der Waals surface area contributed by atoms with Crippen LogP contribution in [-0.4, -0.2) is 24.0 Å². The van der Waals surface area contributed by atoms with Crippen molar-refractivity contribution in [1.29, 1.82) is 0 Å². The highest BCUT2D eigenvalue weighted by molar-refractivity contribution is 5.23. The summed E-state index contributed by atoms with van der Waals surface area (Å²) in [6.07, 6.45) is 1.94. The van der Waals surface area contributed by atoms with E-state index in [0.717, 1.165) is 25.5 Å². The quantitative estimate of drug-likeness (QED) is 0.782. The van der Waals surface area contributed by atoms with Crippen molar-refractivity contribution < 1.29 is 8.78 Å². The molecule has 0 saturated carbocycles. The van der Waals surface area contributed by atoms with Gasteiger partial charge in [-0.05, 0) is 37.0 Å². The van der Waals surface area contributed by atoms with Crippen LogP contribution in [0.1, 0.15) is 52.1 Å². The Morgan fingerprint density at radius 3 is 2.24 bits per heavy atom. The Kier molecular flexibility index (Phi) is 7.26. The van der Waals surface area contributed by atoms with Crippen molar-refractivity contribution in [2.24, 2.45) is 11.7 Å². The zero-order valence-electron chi connectivity index (χ0n) is 13.6. The summed E-state index contributed by atoms with van der Waals surface area (Å²) >= 11 is 0. The molecule has 2 N–H and O–H groups in total. The summed E-state index contributed by atoms with van der Waals surface area (Å²) in [5.41, 5.74) is 6.28. The molecule has 0 aromatic heterocycles. The molecular weight excluding hydrogens is 270 g/mol. The molecule has 1 aromatic carbocycles. The minimum absolute atomic E-state index is 0.281. The first kappa shape index (κ1) is 18.1. The molecule has 0 saturated heterocycles. The van der Waals surface area contributed by atoms with Crippen LogP contribution in [0.4, 0.5) is 8.78 Å². The predicted octanol–water partition coefficient (Wildman–Crippen LogP) is 4.11. The lowest BCUT2D eigenvalue weighted by Crippen LogP contribution is -2.43. The van der Waals surface area contributed by atoms with E-state index < -0.39 is 5.82 Å². The number of hydrogen-bond donors (Lipinski definition) is 1. The van der Waals surface area contributed by atoms with Gasteiger partial charge in [-0.3, -0.25) is 4.90 Å². The highest BCUT2D eigenvalue weighted by Gasteiger charge is 2.27. The minimum atomic E-state index is -0.418. The van der Waals surface area contributed by atoms with Crippen LogP contribution in [0.2, 0.25) is 0 Å². The Hall–Kier alpha value is -1.00. The Bertz CT molecular complexity index is 431. The molecule has 0 fully saturated rings. The van der Waals surface area contributed by atoms with Crippen molar-refractivity contribution in [3.63, 3.8) is 0 Å². The molecule has 0 aliphatic heterocycles. The van der Waals surface area contributed by atoms with Crippen LogP contribution in [0.15, 0.2) is 18.2 Å². The standard InChI is InChI=1S/C17H28F2N2/c1-5-14(6-2)21(11-12(3)4)17(10-20)15-9-13(18)7-8-16(15)19/h7-9,12,14,17H,5-6,10-11,20H2,1-4H3. The smallest absolute Gasteiger partial charge is 0.128 e. The molecule has 21 heavy (non-hydrogen) atoms. The SMILES string of the molecule is CCC(CC)N(CC(C)C)C(CN)c1cc(F)ccc1F. The van der Waals surface area contributed by atoms with Crippen molar-refractivity contribution in [3.05, 3.63) is 35.4 Å². The van der Waals surface area contributed by atoms with Gasteiger partial charge in [-0.1, -0.05) is 27.7 Å². The number of halogens is 2. The van der Waals surface area contributed by atoms with E-state index in [4.69, 9.17) is 5.73 Å². The lowest BCUT2D eigenvalue weighted by molar-refractivity contribution is 0.110. The lowest BCUT2D eigenvalue weighted by Gasteiger charge is -2.38. The molecule has 0 spiro atoms. The molecule has 0 bridgehead atoms. The molecular formula is C17H28F2N2. The van der Waals surface area contributed by atoms with Crippen molar-refractivity contribution in [2.45, 2.75) is 52.6 Å². The van der Waals surface area contributed by atoms with Crippen molar-refractivity contribution in [2.75, 3.05) is 13.1 Å². The summed E-state index contributed by atoms with van der Waals surface area (Å²) in [6.45, 7) is 9.61. The minimum Gasteiger partial charge on any atom is -0.329 e. The van der Waals surface area contributed by atoms with Crippen LogP contribution in [0.5, 0.6) is 0 Å². The fourth-order valence-corrected chi connectivity index (χ4v) is 2.92. The number of nitrogens with two attached hydrogens (primary N) is 1. The van der Waals surface area contributed by atoms with Gasteiger partial charge in [0.2, 0.25) is 0 Å². The number of hydrogen-bond acceptors (Lipinski definition) is 2. The molecule has 120 valence electrons. The van der Waals surface area contributed by atoms with Crippen molar-refractivity contribution >= 4 is 0 Å². The van der Waals surface area contributed by atoms with Gasteiger partial charge in [0.05, 0.1) is 6.04 Å². The zero-order chi connectivity index (χ0) is 16.0. The molecule has 1 rings (SSSR count). The second-order valence-corrected chi connectivity index (χ2v) is 5.98. The molecule has 4 heteroatoms. The Morgan fingerprint density at radius 1 is 1.14 bits per heavy atom. The fraction of sp³-hybridized carbons (Fsp3) is 0.647. The molecule has 0 radical (unpaired) electrons. The van der Waals surface area contributed by atoms with Gasteiger partial charge >= 0.3 is 0 Å². The van der Waals surface area contributed by atoms with Gasteiger partial charge in [-0.15, -0.1) is 0 Å². The summed E-state index contributed by atoms with van der Waals surface area (Å²) in [4.78, 5) is 2.24. The van der Waals surface area contributed by atoms with Crippen molar-refractivity contribution in [3.8, 4) is 0 Å². The topological polar surface area (TPSA) is 29.3 Å². The first-order valence-corrected chi connectivity index (χ1v) is 7.85. The number of rotatable bonds is 8. The van der Waals surface area contributed by atoms with Gasteiger partial charge in [0.25, 0.3) is 0 Å². The van der Waals surface area contributed by atoms with E-state index in [2.05, 4.69) is 32.6 Å². The van der Waals surface area contributed by atoms with Crippen LogP contribution < -0.4 is 5.73 Å². The largest absolute Gasteiger partial charge is 0.329 e. The second-order valence-electron chi connectivity index (χ2n) is 5.98. The van der Waals surface area contributed by atoms with Crippen LogP contribution in [0, 0.1) is 17.6 Å². The molecule has 2 nitrogen and oxygen atoms in total. The fourth-order valence-electron chi connectivity index (χ4n) is 2.92. The summed E-state index contributed by atoms with van der Waals surface area (Å²) in [7, 11) is 0. The van der Waals surface area contributed by atoms with Crippen LogP contribution in [-0.2, 0) is 0 Å². The van der Waals surface area contributed by atoms with Crippen LogP contribution in [0.3, 0.4) is 0 Å². The first-order valence-electron chi connectivity index (χ1n) is 7.85. The number of benzene rings is 1. The number of nitrogens with zero attached hydrogens (tertiary/aromatic N) is 1. The van der Waals surface area contributed by atoms with Gasteiger partial charge in [-0.2, -0.15) is 0 Å². The molecule has 0 aliphatic carbocycles. The maximum atomic E-state index is 14.1. The summed E-state index contributed by atoms with van der Waals surface area (Å²) in [5.74, 6) is -0.360. The van der Waals surface area contributed by atoms with Crippen molar-refractivity contribution in [1.82, 2.24) is 4.90 Å². The monoisotopic (exact) mass is 298 g/mol. The van der Waals surface area contributed by atoms with E-state index in [1.807, 2.05) is 0 Å². The summed E-state index contributed by atoms with van der Waals surface area (Å²) in [5, 5.41) is 0. The third-order valence-electron chi connectivity index (χ3n) is 3.93. The van der Waals surface area contributed by atoms with E-state index in [0.29, 0.717) is 17.5 Å². The van der Waals surface area contributed by atoms with Gasteiger partial charge in [0, 0.05) is 24.7 Å². The average molecular weight is 298 g/mol. The third-order valence-corrected chi connectivity index (χ3v) is 3.93. The maximum Gasteiger partial charge on any atom is 0.128 e. The molecule has 1 unspecified atom stereocenters. The average Bonchev–Trinajstić information content (AvgIpc) is 2.44. The molecule has 0 aliphatic rings. The molecule has 1 aromatic rings. The Balaban J connectivity index is 3.19. The van der Waals surface area contributed by atoms with E-state index in [1.54, 1.807) is 0 Å². The summed E-state index contributed by atoms with van der Waals surface area (Å²) < 4.78 is 27.6. The van der Waals surface area contributed by atoms with E-state index in [9.17, 15) is 8.78 Å². The second kappa shape index (κ2) is 8.44. The van der Waals surface area contributed by atoms with Crippen LogP contribution >= 0.6 is 0 Å². The molecule has 0 amide bonds. The van der Waals surface area contributed by atoms with E-state index >= 15 is 0 Å². The predicted molar refractivity (Wildman–Crippen MR) is 84.1 cm³/mol. The Labute approximate surface area is 127 Å². The lowest BCUT2D eigenvalue weighted by atomic mass is 9.98. The molecule has 0 heterocycles. The third kappa shape index (κ3) is 4.75. The van der Waals surface area contributed by atoms with Crippen LogP contribution in [0.25, 0.3) is 0 Å². The normalized spacial score (nSPS) is 13.4. The highest BCUT2D eigenvalue weighted by Crippen LogP contribution is 2.28. The zero-order valence-corrected chi connectivity index (χ0v) is 13.6. The first-order chi connectivity index (χ1) is 9.94. The van der Waals surface area contributed by atoms with E-state index in [1.165, 1.54) is 12.1 Å². The Morgan fingerprint density at radius 2 is 1.76 bits per heavy atom. The van der Waals surface area contributed by atoms with Gasteiger partial charge in [-0.25, -0.2) is 8.78 Å². The molecule has 1 atom stereocenters. The van der Waals surface area contributed by atoms with E-state index in [-0.39, 0.29) is 18.4 Å². The van der Waals surface area contributed by atoms with Gasteiger partial charge in [0.15, 0.2) is 0 Å². The van der Waals surface area contributed by atoms with Gasteiger partial charge < -0.3 is 5.73 Å².